The number of carbonyl (C=O) groups excluding carboxylic acids is 1. The molecule has 0 saturated carbocycles. The summed E-state index contributed by atoms with van der Waals surface area (Å²) in [5.74, 6) is -0.998. The molecule has 0 aromatic heterocycles. The molecular weight excluding hydrogens is 403 g/mol. The van der Waals surface area contributed by atoms with Crippen molar-refractivity contribution in [1.29, 1.82) is 0 Å². The van der Waals surface area contributed by atoms with Crippen LogP contribution in [0, 0.1) is 5.82 Å². The van der Waals surface area contributed by atoms with Crippen molar-refractivity contribution in [3.63, 3.8) is 0 Å². The fourth-order valence-corrected chi connectivity index (χ4v) is 2.13. The highest BCUT2D eigenvalue weighted by atomic mass is 19.4. The number of amides is 2. The summed E-state index contributed by atoms with van der Waals surface area (Å²) in [4.78, 5) is 12.1. The lowest BCUT2D eigenvalue weighted by Crippen LogP contribution is -2.49. The van der Waals surface area contributed by atoms with E-state index in [2.05, 4.69) is 10.6 Å². The summed E-state index contributed by atoms with van der Waals surface area (Å²) in [6.07, 6.45) is -4.66. The predicted octanol–water partition coefficient (Wildman–Crippen LogP) is 4.30. The summed E-state index contributed by atoms with van der Waals surface area (Å²) in [7, 11) is 1.41. The van der Waals surface area contributed by atoms with E-state index in [1.54, 1.807) is 52.0 Å². The molecular formula is C20H22BF4N2O3. The molecule has 10 heteroatoms. The van der Waals surface area contributed by atoms with Gasteiger partial charge in [0.2, 0.25) is 0 Å². The quantitative estimate of drug-likeness (QED) is 0.478. The van der Waals surface area contributed by atoms with Gasteiger partial charge in [0.25, 0.3) is 0 Å². The Morgan fingerprint density at radius 1 is 1.03 bits per heavy atom. The van der Waals surface area contributed by atoms with Crippen LogP contribution >= 0.6 is 0 Å². The molecule has 161 valence electrons. The molecule has 0 aliphatic carbocycles. The summed E-state index contributed by atoms with van der Waals surface area (Å²) in [6, 6.07) is 7.23. The number of hydrogen-bond donors (Lipinski definition) is 3. The number of carbonyl (C=O) groups is 1. The van der Waals surface area contributed by atoms with Gasteiger partial charge in [-0.3, -0.25) is 0 Å². The number of benzene rings is 2. The van der Waals surface area contributed by atoms with Crippen LogP contribution in [0.4, 0.5) is 33.7 Å². The van der Waals surface area contributed by atoms with Crippen LogP contribution < -0.4 is 16.1 Å². The second-order valence-electron chi connectivity index (χ2n) is 7.70. The zero-order valence-electron chi connectivity index (χ0n) is 16.9. The molecule has 0 heterocycles. The molecule has 0 bridgehead atoms. The average Bonchev–Trinajstić information content (AvgIpc) is 2.60. The maximum absolute atomic E-state index is 13.8. The highest BCUT2D eigenvalue weighted by Crippen LogP contribution is 2.31. The number of urea groups is 1. The first-order valence-electron chi connectivity index (χ1n) is 8.97. The molecule has 0 saturated heterocycles. The Morgan fingerprint density at radius 2 is 1.70 bits per heavy atom. The number of nitrogens with one attached hydrogen (secondary N) is 2. The van der Waals surface area contributed by atoms with Crippen LogP contribution in [-0.4, -0.2) is 29.8 Å². The van der Waals surface area contributed by atoms with Gasteiger partial charge in [-0.1, -0.05) is 17.6 Å². The number of alkyl halides is 3. The number of rotatable bonds is 6. The van der Waals surface area contributed by atoms with E-state index in [9.17, 15) is 27.5 Å². The minimum Gasteiger partial charge on any atom is -0.427 e. The second kappa shape index (κ2) is 8.65. The second-order valence-corrected chi connectivity index (χ2v) is 7.70. The normalized spacial score (nSPS) is 12.4. The largest absolute Gasteiger partial charge is 0.427 e. The Morgan fingerprint density at radius 3 is 2.30 bits per heavy atom. The Hall–Kier alpha value is -2.59. The van der Waals surface area contributed by atoms with Gasteiger partial charge in [0.1, 0.15) is 5.82 Å². The fourth-order valence-electron chi connectivity index (χ4n) is 2.13. The smallest absolute Gasteiger partial charge is 0.416 e. The Kier molecular flexibility index (Phi) is 6.83. The maximum atomic E-state index is 13.8. The highest BCUT2D eigenvalue weighted by Gasteiger charge is 2.35. The van der Waals surface area contributed by atoms with Crippen molar-refractivity contribution in [3.8, 4) is 0 Å². The molecule has 3 N–H and O–H groups in total. The van der Waals surface area contributed by atoms with Gasteiger partial charge in [-0.25, -0.2) is 9.18 Å². The molecule has 30 heavy (non-hydrogen) atoms. The lowest BCUT2D eigenvalue weighted by molar-refractivity contribution is -0.137. The molecule has 5 nitrogen and oxygen atoms in total. The fraction of sp³-hybridized carbons (Fsp3) is 0.350. The van der Waals surface area contributed by atoms with E-state index in [1.807, 2.05) is 0 Å². The highest BCUT2D eigenvalue weighted by molar-refractivity contribution is 6.47. The third kappa shape index (κ3) is 6.20. The van der Waals surface area contributed by atoms with Crippen LogP contribution in [0.3, 0.4) is 0 Å². The summed E-state index contributed by atoms with van der Waals surface area (Å²) in [5, 5.41) is 14.6. The number of halogens is 4. The molecule has 0 unspecified atom stereocenters. The molecule has 0 spiro atoms. The van der Waals surface area contributed by atoms with Crippen molar-refractivity contribution in [1.82, 2.24) is 0 Å². The summed E-state index contributed by atoms with van der Waals surface area (Å²) in [5.41, 5.74) is -2.82. The van der Waals surface area contributed by atoms with E-state index in [0.29, 0.717) is 29.3 Å². The third-order valence-corrected chi connectivity index (χ3v) is 4.65. The van der Waals surface area contributed by atoms with Crippen molar-refractivity contribution in [2.45, 2.75) is 45.1 Å². The van der Waals surface area contributed by atoms with Gasteiger partial charge in [-0.15, -0.1) is 0 Å². The van der Waals surface area contributed by atoms with Crippen molar-refractivity contribution >= 4 is 30.4 Å². The molecule has 2 amide bonds. The lowest BCUT2D eigenvalue weighted by atomic mass is 9.82. The van der Waals surface area contributed by atoms with Crippen LogP contribution in [0.25, 0.3) is 0 Å². The van der Waals surface area contributed by atoms with Crippen LogP contribution in [0.15, 0.2) is 42.5 Å². The Balaban J connectivity index is 2.06. The summed E-state index contributed by atoms with van der Waals surface area (Å²) < 4.78 is 57.7. The van der Waals surface area contributed by atoms with Crippen molar-refractivity contribution in [2.75, 3.05) is 10.6 Å². The van der Waals surface area contributed by atoms with Gasteiger partial charge in [0.05, 0.1) is 22.5 Å². The van der Waals surface area contributed by atoms with Gasteiger partial charge in [-0.2, -0.15) is 13.2 Å². The topological polar surface area (TPSA) is 70.6 Å². The molecule has 2 aromatic carbocycles. The summed E-state index contributed by atoms with van der Waals surface area (Å²) in [6.45, 7) is 6.64. The maximum Gasteiger partial charge on any atom is 0.416 e. The molecule has 2 rings (SSSR count). The van der Waals surface area contributed by atoms with Crippen LogP contribution in [0.5, 0.6) is 0 Å². The summed E-state index contributed by atoms with van der Waals surface area (Å²) >= 11 is 0. The first-order chi connectivity index (χ1) is 13.7. The standard InChI is InChI=1S/C20H22BF4N2O3/c1-18(2,29)19(3,4)30-21-13-6-5-7-14(11-13)26-17(28)27-16-10-12(20(23,24)25)8-9-15(16)22/h5-11,29H,1-4H3,(H2,26,27,28). The Bertz CT molecular complexity index is 912. The number of hydrogen-bond acceptors (Lipinski definition) is 3. The zero-order chi connectivity index (χ0) is 22.7. The average molecular weight is 425 g/mol. The van der Waals surface area contributed by atoms with Gasteiger partial charge in [-0.05, 0) is 58.0 Å². The minimum absolute atomic E-state index is 0.304. The first-order valence-corrected chi connectivity index (χ1v) is 8.97. The van der Waals surface area contributed by atoms with E-state index in [0.717, 1.165) is 0 Å². The number of anilines is 2. The van der Waals surface area contributed by atoms with Crippen molar-refractivity contribution in [2.24, 2.45) is 0 Å². The van der Waals surface area contributed by atoms with Crippen LogP contribution in [-0.2, 0) is 10.8 Å². The molecule has 0 atom stereocenters. The van der Waals surface area contributed by atoms with Crippen LogP contribution in [0.2, 0.25) is 0 Å². The van der Waals surface area contributed by atoms with Gasteiger partial charge < -0.3 is 20.4 Å². The predicted molar refractivity (Wildman–Crippen MR) is 107 cm³/mol. The van der Waals surface area contributed by atoms with E-state index >= 15 is 0 Å². The number of aliphatic hydroxyl groups is 1. The monoisotopic (exact) mass is 425 g/mol. The van der Waals surface area contributed by atoms with Gasteiger partial charge >= 0.3 is 19.7 Å². The minimum atomic E-state index is -4.66. The van der Waals surface area contributed by atoms with E-state index in [-0.39, 0.29) is 0 Å². The first kappa shape index (κ1) is 23.7. The lowest BCUT2D eigenvalue weighted by Gasteiger charge is -2.37. The molecule has 0 fully saturated rings. The Labute approximate surface area is 172 Å². The van der Waals surface area contributed by atoms with Crippen LogP contribution in [0.1, 0.15) is 33.3 Å². The zero-order valence-corrected chi connectivity index (χ0v) is 16.9. The molecule has 0 aliphatic rings. The van der Waals surface area contributed by atoms with Crippen molar-refractivity contribution < 1.29 is 32.1 Å². The van der Waals surface area contributed by atoms with Gasteiger partial charge in [0, 0.05) is 5.69 Å². The van der Waals surface area contributed by atoms with Gasteiger partial charge in [0.15, 0.2) is 0 Å². The van der Waals surface area contributed by atoms with Crippen molar-refractivity contribution in [3.05, 3.63) is 53.8 Å². The van der Waals surface area contributed by atoms with E-state index in [1.165, 1.54) is 7.48 Å². The molecule has 2 aromatic rings. The SMILES string of the molecule is CC(C)(O)C(C)(C)O[B]c1cccc(NC(=O)Nc2cc(C(F)(F)F)ccc2F)c1. The molecule has 0 aliphatic heterocycles. The third-order valence-electron chi connectivity index (χ3n) is 4.65. The van der Waals surface area contributed by atoms with E-state index < -0.39 is 40.5 Å². The molecule has 1 radical (unpaired) electrons. The van der Waals surface area contributed by atoms with E-state index in [4.69, 9.17) is 4.65 Å².